The molecule has 1 aliphatic rings. The average molecular weight is 139 g/mol. The van der Waals surface area contributed by atoms with Crippen molar-refractivity contribution < 1.29 is 0 Å². The molecule has 2 heteroatoms. The summed E-state index contributed by atoms with van der Waals surface area (Å²) in [5.41, 5.74) is 2.54. The highest BCUT2D eigenvalue weighted by molar-refractivity contribution is 7.78. The summed E-state index contributed by atoms with van der Waals surface area (Å²) < 4.78 is 0. The van der Waals surface area contributed by atoms with Gasteiger partial charge in [0.15, 0.2) is 0 Å². The second-order valence-corrected chi connectivity index (χ2v) is 2.47. The first-order valence-corrected chi connectivity index (χ1v) is 3.52. The molecule has 0 aromatic rings. The zero-order valence-electron chi connectivity index (χ0n) is 5.48. The fraction of sp³-hybridized carbons (Fsp3) is 0.571. The molecule has 0 spiro atoms. The minimum absolute atomic E-state index is 1.09. The van der Waals surface area contributed by atoms with Crippen LogP contribution in [0, 0.1) is 0 Å². The Hall–Kier alpha value is -0.460. The molecule has 0 aromatic heterocycles. The van der Waals surface area contributed by atoms with Crippen molar-refractivity contribution in [2.45, 2.75) is 26.2 Å². The molecule has 0 heterocycles. The maximum absolute atomic E-state index is 4.49. The van der Waals surface area contributed by atoms with Gasteiger partial charge in [-0.15, -0.1) is 0 Å². The van der Waals surface area contributed by atoms with E-state index >= 15 is 0 Å². The fourth-order valence-corrected chi connectivity index (χ4v) is 1.20. The average Bonchev–Trinajstić information content (AvgIpc) is 2.18. The summed E-state index contributed by atoms with van der Waals surface area (Å²) in [5, 5.41) is 2.39. The summed E-state index contributed by atoms with van der Waals surface area (Å²) in [6.07, 6.45) is 3.52. The Morgan fingerprint density at radius 2 is 2.33 bits per heavy atom. The van der Waals surface area contributed by atoms with E-state index in [-0.39, 0.29) is 0 Å². The number of aliphatic imine (C=N–C) groups is 1. The van der Waals surface area contributed by atoms with Gasteiger partial charge in [0.05, 0.1) is 10.9 Å². The first kappa shape index (κ1) is 6.66. The van der Waals surface area contributed by atoms with E-state index in [2.05, 4.69) is 29.3 Å². The third-order valence-corrected chi connectivity index (χ3v) is 1.73. The van der Waals surface area contributed by atoms with Crippen LogP contribution < -0.4 is 0 Å². The topological polar surface area (TPSA) is 12.4 Å². The summed E-state index contributed by atoms with van der Waals surface area (Å²) in [7, 11) is 0. The van der Waals surface area contributed by atoms with E-state index in [4.69, 9.17) is 0 Å². The maximum Gasteiger partial charge on any atom is 0.0637 e. The molecule has 0 saturated carbocycles. The van der Waals surface area contributed by atoms with E-state index in [1.165, 1.54) is 18.4 Å². The number of hydrogen-bond donors (Lipinski definition) is 0. The number of allylic oxidation sites excluding steroid dienone is 2. The second-order valence-electron chi connectivity index (χ2n) is 2.28. The third-order valence-electron chi connectivity index (χ3n) is 1.64. The predicted molar refractivity (Wildman–Crippen MR) is 41.6 cm³/mol. The number of rotatable bonds is 1. The molecule has 0 fully saturated rings. The molecule has 0 amide bonds. The Morgan fingerprint density at radius 1 is 1.56 bits per heavy atom. The van der Waals surface area contributed by atoms with Crippen LogP contribution in [-0.2, 0) is 0 Å². The Morgan fingerprint density at radius 3 is 2.78 bits per heavy atom. The van der Waals surface area contributed by atoms with Crippen LogP contribution in [-0.4, -0.2) is 5.16 Å². The van der Waals surface area contributed by atoms with E-state index in [0.29, 0.717) is 0 Å². The Bertz CT molecular complexity index is 187. The molecule has 1 nitrogen and oxygen atoms in total. The van der Waals surface area contributed by atoms with Crippen LogP contribution in [0.4, 0.5) is 0 Å². The van der Waals surface area contributed by atoms with Gasteiger partial charge in [-0.25, -0.2) is 0 Å². The van der Waals surface area contributed by atoms with Gasteiger partial charge < -0.3 is 0 Å². The van der Waals surface area contributed by atoms with E-state index in [9.17, 15) is 0 Å². The smallest absolute Gasteiger partial charge is 0.0637 e. The van der Waals surface area contributed by atoms with Gasteiger partial charge in [-0.1, -0.05) is 5.57 Å². The predicted octanol–water partition coefficient (Wildman–Crippen LogP) is 2.55. The van der Waals surface area contributed by atoms with Crippen LogP contribution in [0.1, 0.15) is 26.2 Å². The fourth-order valence-electron chi connectivity index (χ4n) is 1.09. The van der Waals surface area contributed by atoms with Crippen LogP contribution in [0.2, 0.25) is 0 Å². The Kier molecular flexibility index (Phi) is 2.15. The molecule has 0 radical (unpaired) electrons. The molecule has 0 atom stereocenters. The van der Waals surface area contributed by atoms with Crippen LogP contribution >= 0.6 is 12.2 Å². The van der Waals surface area contributed by atoms with Crippen LogP contribution in [0.25, 0.3) is 0 Å². The molecule has 0 unspecified atom stereocenters. The lowest BCUT2D eigenvalue weighted by atomic mass is 10.3. The summed E-state index contributed by atoms with van der Waals surface area (Å²) in [5.74, 6) is 0. The first-order valence-electron chi connectivity index (χ1n) is 3.11. The number of nitrogens with zero attached hydrogens (tertiary/aromatic N) is 1. The minimum atomic E-state index is 1.09. The highest BCUT2D eigenvalue weighted by Gasteiger charge is 2.08. The van der Waals surface area contributed by atoms with Gasteiger partial charge in [-0.3, -0.25) is 0 Å². The summed E-state index contributed by atoms with van der Waals surface area (Å²) >= 11 is 4.49. The summed E-state index contributed by atoms with van der Waals surface area (Å²) in [6.45, 7) is 2.11. The quantitative estimate of drug-likeness (QED) is 0.401. The second kappa shape index (κ2) is 2.90. The molecular weight excluding hydrogens is 130 g/mol. The molecule has 48 valence electrons. The number of hydrogen-bond acceptors (Lipinski definition) is 2. The summed E-state index contributed by atoms with van der Waals surface area (Å²) in [4.78, 5) is 3.95. The maximum atomic E-state index is 4.49. The zero-order chi connectivity index (χ0) is 6.69. The van der Waals surface area contributed by atoms with Crippen molar-refractivity contribution in [3.63, 3.8) is 0 Å². The van der Waals surface area contributed by atoms with Crippen molar-refractivity contribution >= 4 is 17.4 Å². The molecule has 9 heavy (non-hydrogen) atoms. The lowest BCUT2D eigenvalue weighted by molar-refractivity contribution is 0.890. The standard InChI is InChI=1S/C7H9NS/c1-6-3-2-4-7(6)8-5-9/h2-4H2,1H3. The molecule has 0 aromatic carbocycles. The van der Waals surface area contributed by atoms with Crippen molar-refractivity contribution in [3.8, 4) is 0 Å². The number of isothiocyanates is 1. The van der Waals surface area contributed by atoms with Crippen molar-refractivity contribution in [1.29, 1.82) is 0 Å². The van der Waals surface area contributed by atoms with E-state index in [1.54, 1.807) is 0 Å². The molecule has 0 N–H and O–H groups in total. The monoisotopic (exact) mass is 139 g/mol. The lowest BCUT2D eigenvalue weighted by Crippen LogP contribution is -1.71. The SMILES string of the molecule is CC1=C(N=C=S)CCC1. The van der Waals surface area contributed by atoms with Gasteiger partial charge >= 0.3 is 0 Å². The van der Waals surface area contributed by atoms with Gasteiger partial charge in [0.2, 0.25) is 0 Å². The number of thiocarbonyl (C=S) groups is 1. The summed E-state index contributed by atoms with van der Waals surface area (Å²) in [6, 6.07) is 0. The zero-order valence-corrected chi connectivity index (χ0v) is 6.29. The molecule has 0 saturated heterocycles. The molecule has 1 aliphatic carbocycles. The van der Waals surface area contributed by atoms with Crippen molar-refractivity contribution in [3.05, 3.63) is 11.3 Å². The lowest BCUT2D eigenvalue weighted by Gasteiger charge is -1.88. The normalized spacial score (nSPS) is 17.9. The first-order chi connectivity index (χ1) is 4.34. The van der Waals surface area contributed by atoms with Gasteiger partial charge in [0, 0.05) is 0 Å². The van der Waals surface area contributed by atoms with Gasteiger partial charge in [-0.2, -0.15) is 4.99 Å². The van der Waals surface area contributed by atoms with E-state index in [0.717, 1.165) is 12.1 Å². The van der Waals surface area contributed by atoms with E-state index < -0.39 is 0 Å². The Balaban J connectivity index is 2.77. The van der Waals surface area contributed by atoms with Gasteiger partial charge in [-0.05, 0) is 38.4 Å². The van der Waals surface area contributed by atoms with Crippen LogP contribution in [0.5, 0.6) is 0 Å². The van der Waals surface area contributed by atoms with Crippen molar-refractivity contribution in [2.75, 3.05) is 0 Å². The van der Waals surface area contributed by atoms with Gasteiger partial charge in [0.1, 0.15) is 0 Å². The van der Waals surface area contributed by atoms with Crippen molar-refractivity contribution in [1.82, 2.24) is 0 Å². The van der Waals surface area contributed by atoms with Crippen LogP contribution in [0.3, 0.4) is 0 Å². The van der Waals surface area contributed by atoms with Crippen LogP contribution in [0.15, 0.2) is 16.3 Å². The largest absolute Gasteiger partial charge is 0.199 e. The molecule has 0 bridgehead atoms. The highest BCUT2D eigenvalue weighted by Crippen LogP contribution is 2.25. The minimum Gasteiger partial charge on any atom is -0.199 e. The van der Waals surface area contributed by atoms with E-state index in [1.807, 2.05) is 0 Å². The van der Waals surface area contributed by atoms with Crippen molar-refractivity contribution in [2.24, 2.45) is 4.99 Å². The highest BCUT2D eigenvalue weighted by atomic mass is 32.1. The Labute approximate surface area is 60.5 Å². The molecule has 1 rings (SSSR count). The van der Waals surface area contributed by atoms with Gasteiger partial charge in [0.25, 0.3) is 0 Å². The molecular formula is C7H9NS. The molecule has 0 aliphatic heterocycles. The third kappa shape index (κ3) is 1.47.